The molecule has 1 aliphatic carbocycles. The molecule has 1 aromatic carbocycles. The molecule has 11 heteroatoms. The molecule has 1 saturated carbocycles. The third-order valence-electron chi connectivity index (χ3n) is 5.98. The molecule has 5 N–H and O–H groups in total. The van der Waals surface area contributed by atoms with Crippen molar-refractivity contribution in [2.24, 2.45) is 0 Å². The van der Waals surface area contributed by atoms with Crippen LogP contribution in [-0.4, -0.2) is 101 Å². The molecule has 1 aliphatic heterocycles. The molecule has 34 heavy (non-hydrogen) atoms. The van der Waals surface area contributed by atoms with Crippen molar-refractivity contribution in [3.8, 4) is 0 Å². The lowest BCUT2D eigenvalue weighted by Gasteiger charge is -2.30. The van der Waals surface area contributed by atoms with Crippen molar-refractivity contribution in [3.05, 3.63) is 39.9 Å². The van der Waals surface area contributed by atoms with Gasteiger partial charge in [-0.15, -0.1) is 0 Å². The van der Waals surface area contributed by atoms with E-state index in [2.05, 4.69) is 5.32 Å². The van der Waals surface area contributed by atoms with E-state index in [1.807, 2.05) is 9.47 Å². The zero-order chi connectivity index (χ0) is 24.7. The van der Waals surface area contributed by atoms with Crippen LogP contribution in [0.15, 0.2) is 23.1 Å². The first-order valence-corrected chi connectivity index (χ1v) is 11.5. The summed E-state index contributed by atoms with van der Waals surface area (Å²) in [6.45, 7) is 4.71. The maximum Gasteiger partial charge on any atom is 0.341 e. The van der Waals surface area contributed by atoms with E-state index in [-0.39, 0.29) is 36.8 Å². The predicted molar refractivity (Wildman–Crippen MR) is 126 cm³/mol. The number of aromatic nitrogens is 1. The number of hydrogen-bond acceptors (Lipinski definition) is 8. The van der Waals surface area contributed by atoms with Crippen LogP contribution in [0.25, 0.3) is 10.9 Å². The Morgan fingerprint density at radius 1 is 1.06 bits per heavy atom. The number of rotatable bonds is 9. The average molecular weight is 481 g/mol. The summed E-state index contributed by atoms with van der Waals surface area (Å²) in [4.78, 5) is 27.5. The number of benzene rings is 1. The predicted octanol–water partition coefficient (Wildman–Crippen LogP) is -0.151. The molecule has 1 saturated heterocycles. The summed E-state index contributed by atoms with van der Waals surface area (Å²) in [5.74, 6) is -1.76. The van der Waals surface area contributed by atoms with Gasteiger partial charge in [-0.25, -0.2) is 9.18 Å². The maximum atomic E-state index is 14.6. The number of fused-ring (bicyclic) bond motifs is 1. The molecular formula is C23H33FN4O6. The van der Waals surface area contributed by atoms with Crippen molar-refractivity contribution < 1.29 is 29.6 Å². The number of pyridine rings is 1. The zero-order valence-electron chi connectivity index (χ0n) is 19.1. The summed E-state index contributed by atoms with van der Waals surface area (Å²) < 4.78 is 16.4. The van der Waals surface area contributed by atoms with Crippen molar-refractivity contribution in [3.63, 3.8) is 0 Å². The molecular weight excluding hydrogens is 447 g/mol. The fourth-order valence-corrected chi connectivity index (χ4v) is 4.07. The molecule has 0 unspecified atom stereocenters. The lowest BCUT2D eigenvalue weighted by atomic mass is 10.1. The van der Waals surface area contributed by atoms with E-state index in [4.69, 9.17) is 15.3 Å². The van der Waals surface area contributed by atoms with Crippen LogP contribution in [0.1, 0.15) is 29.2 Å². The van der Waals surface area contributed by atoms with Crippen LogP contribution in [-0.2, 0) is 0 Å². The molecule has 2 aliphatic rings. The molecule has 10 nitrogen and oxygen atoms in total. The number of anilines is 1. The first kappa shape index (κ1) is 26.0. The van der Waals surface area contributed by atoms with Gasteiger partial charge in [-0.2, -0.15) is 0 Å². The number of aliphatic hydroxyl groups excluding tert-OH is 3. The van der Waals surface area contributed by atoms with Crippen LogP contribution in [0.5, 0.6) is 0 Å². The summed E-state index contributed by atoms with van der Waals surface area (Å²) in [5.41, 5.74) is 0.159. The number of carboxylic acids is 1. The van der Waals surface area contributed by atoms with E-state index in [0.717, 1.165) is 25.9 Å². The van der Waals surface area contributed by atoms with Gasteiger partial charge in [-0.05, 0) is 25.0 Å². The van der Waals surface area contributed by atoms with Gasteiger partial charge in [0.15, 0.2) is 0 Å². The lowest BCUT2D eigenvalue weighted by molar-refractivity contribution is 0.0694. The fraction of sp³-hybridized carbons (Fsp3) is 0.565. The number of carbonyl (C=O) groups is 1. The Labute approximate surface area is 196 Å². The Bertz CT molecular complexity index is 1020. The normalized spacial score (nSPS) is 16.0. The van der Waals surface area contributed by atoms with Crippen molar-refractivity contribution in [1.82, 2.24) is 14.8 Å². The molecule has 2 fully saturated rings. The minimum atomic E-state index is -1.28. The van der Waals surface area contributed by atoms with Crippen molar-refractivity contribution in [1.29, 1.82) is 0 Å². The zero-order valence-corrected chi connectivity index (χ0v) is 19.1. The smallest absolute Gasteiger partial charge is 0.341 e. The van der Waals surface area contributed by atoms with Crippen LogP contribution in [0.2, 0.25) is 0 Å². The molecule has 1 aromatic heterocycles. The third-order valence-corrected chi connectivity index (χ3v) is 5.98. The Kier molecular flexibility index (Phi) is 9.36. The number of halogens is 1. The second kappa shape index (κ2) is 12.2. The van der Waals surface area contributed by atoms with E-state index < -0.39 is 17.2 Å². The van der Waals surface area contributed by atoms with E-state index in [1.165, 1.54) is 12.3 Å². The van der Waals surface area contributed by atoms with Gasteiger partial charge in [0.2, 0.25) is 5.43 Å². The Hall–Kier alpha value is -2.57. The van der Waals surface area contributed by atoms with Crippen LogP contribution < -0.4 is 15.6 Å². The van der Waals surface area contributed by atoms with Gasteiger partial charge in [0.25, 0.3) is 0 Å². The number of hydrogen-bond donors (Lipinski definition) is 5. The lowest BCUT2D eigenvalue weighted by Crippen LogP contribution is -2.43. The molecule has 0 bridgehead atoms. The van der Waals surface area contributed by atoms with Crippen molar-refractivity contribution >= 4 is 22.6 Å². The minimum Gasteiger partial charge on any atom is -0.477 e. The van der Waals surface area contributed by atoms with Crippen molar-refractivity contribution in [2.45, 2.75) is 18.9 Å². The highest BCUT2D eigenvalue weighted by molar-refractivity contribution is 5.93. The first-order chi connectivity index (χ1) is 16.4. The summed E-state index contributed by atoms with van der Waals surface area (Å²) >= 11 is 0. The quantitative estimate of drug-likeness (QED) is 0.332. The van der Waals surface area contributed by atoms with Gasteiger partial charge in [0.1, 0.15) is 11.4 Å². The molecule has 0 atom stereocenters. The number of carboxylic acid groups (broad SMARTS) is 1. The molecule has 4 rings (SSSR count). The molecule has 2 aromatic rings. The molecule has 0 radical (unpaired) electrons. The van der Waals surface area contributed by atoms with Gasteiger partial charge < -0.3 is 35.2 Å². The van der Waals surface area contributed by atoms with Gasteiger partial charge in [-0.1, -0.05) is 0 Å². The number of nitrogens with one attached hydrogen (secondary N) is 1. The monoisotopic (exact) mass is 480 g/mol. The van der Waals surface area contributed by atoms with Crippen molar-refractivity contribution in [2.75, 3.05) is 70.5 Å². The second-order valence-corrected chi connectivity index (χ2v) is 8.39. The highest BCUT2D eigenvalue weighted by Gasteiger charge is 2.28. The summed E-state index contributed by atoms with van der Waals surface area (Å²) in [6, 6.07) is 3.08. The minimum absolute atomic E-state index is 0.0694. The number of piperazine rings is 1. The number of nitrogens with zero attached hydrogens (tertiary/aromatic N) is 3. The van der Waals surface area contributed by atoms with Crippen LogP contribution in [0.3, 0.4) is 0 Å². The highest BCUT2D eigenvalue weighted by Crippen LogP contribution is 2.38. The van der Waals surface area contributed by atoms with E-state index >= 15 is 0 Å². The number of aromatic carboxylic acids is 1. The van der Waals surface area contributed by atoms with Gasteiger partial charge in [0.05, 0.1) is 31.0 Å². The average Bonchev–Trinajstić information content (AvgIpc) is 3.66. The van der Waals surface area contributed by atoms with Gasteiger partial charge in [0, 0.05) is 63.4 Å². The number of aliphatic hydroxyl groups is 3. The summed E-state index contributed by atoms with van der Waals surface area (Å²) in [6.07, 6.45) is 3.29. The standard InChI is InChI=1S/C17H18FN3O3.C6H15NO3/c18-13-7-11-14(8-15(13)20-5-3-19-4-6-20)21(10-1-2-10)9-12(16(11)22)17(23)24;8-4-1-7(2-5-9)3-6-10/h7-10,19H,1-6H2,(H,23,24);8-10H,1-6H2. The van der Waals surface area contributed by atoms with Gasteiger partial charge in [-0.3, -0.25) is 9.69 Å². The van der Waals surface area contributed by atoms with Crippen LogP contribution >= 0.6 is 0 Å². The van der Waals surface area contributed by atoms with E-state index in [1.54, 1.807) is 11.0 Å². The Morgan fingerprint density at radius 2 is 1.65 bits per heavy atom. The molecule has 2 heterocycles. The van der Waals surface area contributed by atoms with Gasteiger partial charge >= 0.3 is 5.97 Å². The summed E-state index contributed by atoms with van der Waals surface area (Å²) in [5, 5.41) is 38.1. The second-order valence-electron chi connectivity index (χ2n) is 8.39. The van der Waals surface area contributed by atoms with Crippen LogP contribution in [0.4, 0.5) is 10.1 Å². The fourth-order valence-electron chi connectivity index (χ4n) is 4.07. The SMILES string of the molecule is O=C(O)c1cn(C2CC2)c2cc(N3CCNCC3)c(F)cc2c1=O.OCCN(CCO)CCO. The maximum absolute atomic E-state index is 14.6. The Morgan fingerprint density at radius 3 is 2.15 bits per heavy atom. The topological polar surface area (TPSA) is 138 Å². The largest absolute Gasteiger partial charge is 0.477 e. The molecule has 188 valence electrons. The van der Waals surface area contributed by atoms with E-state index in [9.17, 15) is 19.1 Å². The summed E-state index contributed by atoms with van der Waals surface area (Å²) in [7, 11) is 0. The molecule has 0 spiro atoms. The first-order valence-electron chi connectivity index (χ1n) is 11.5. The highest BCUT2D eigenvalue weighted by atomic mass is 19.1. The van der Waals surface area contributed by atoms with Crippen LogP contribution in [0, 0.1) is 5.82 Å². The third kappa shape index (κ3) is 6.30. The van der Waals surface area contributed by atoms with E-state index in [0.29, 0.717) is 43.9 Å². The molecule has 0 amide bonds. The Balaban J connectivity index is 0.000000277.